The van der Waals surface area contributed by atoms with Crippen molar-refractivity contribution in [1.29, 1.82) is 0 Å². The highest BCUT2D eigenvalue weighted by molar-refractivity contribution is 7.18. The van der Waals surface area contributed by atoms with Gasteiger partial charge in [0, 0.05) is 30.2 Å². The predicted octanol–water partition coefficient (Wildman–Crippen LogP) is 6.84. The number of methoxy groups -OCH3 is 3. The fourth-order valence-corrected chi connectivity index (χ4v) is 5.33. The Kier molecular flexibility index (Phi) is 8.03. The van der Waals surface area contributed by atoms with Crippen molar-refractivity contribution >= 4 is 33.1 Å². The lowest BCUT2D eigenvalue weighted by Gasteiger charge is -2.11. The number of fused-ring (bicyclic) bond motifs is 2. The zero-order chi connectivity index (χ0) is 30.8. The number of aromatic nitrogens is 3. The van der Waals surface area contributed by atoms with Gasteiger partial charge in [0.1, 0.15) is 40.9 Å². The third-order valence-corrected chi connectivity index (χ3v) is 7.56. The molecule has 0 spiro atoms. The van der Waals surface area contributed by atoms with Gasteiger partial charge in [-0.1, -0.05) is 24.3 Å². The Hall–Kier alpha value is -5.17. The molecule has 0 atom stereocenters. The van der Waals surface area contributed by atoms with Crippen LogP contribution in [-0.2, 0) is 13.0 Å². The third-order valence-electron chi connectivity index (χ3n) is 6.67. The number of Topliss-reactive ketones (excluding diaryl/α,β-unsaturated/α-hetero) is 1. The molecule has 0 bridgehead atoms. The van der Waals surface area contributed by atoms with Crippen molar-refractivity contribution in [3.8, 4) is 39.6 Å². The van der Waals surface area contributed by atoms with Gasteiger partial charge in [-0.15, -0.1) is 5.10 Å². The Balaban J connectivity index is 1.20. The molecule has 10 nitrogen and oxygen atoms in total. The van der Waals surface area contributed by atoms with E-state index in [4.69, 9.17) is 23.4 Å². The van der Waals surface area contributed by atoms with Crippen LogP contribution in [0.5, 0.6) is 28.2 Å². The van der Waals surface area contributed by atoms with Gasteiger partial charge in [-0.3, -0.25) is 4.79 Å². The smallest absolute Gasteiger partial charge is 0.387 e. The van der Waals surface area contributed by atoms with Crippen LogP contribution in [0, 0.1) is 0 Å². The fraction of sp³-hybridized carbons (Fsp3) is 0.194. The molecule has 0 radical (unpaired) electrons. The average Bonchev–Trinajstić information content (AvgIpc) is 3.72. The lowest BCUT2D eigenvalue weighted by Crippen LogP contribution is -2.07. The third kappa shape index (κ3) is 6.13. The number of benzene rings is 3. The highest BCUT2D eigenvalue weighted by Gasteiger charge is 2.18. The Morgan fingerprint density at radius 1 is 0.955 bits per heavy atom. The maximum Gasteiger partial charge on any atom is 0.387 e. The number of carbonyl (C=O) groups is 1. The van der Waals surface area contributed by atoms with E-state index in [0.29, 0.717) is 38.7 Å². The summed E-state index contributed by atoms with van der Waals surface area (Å²) in [4.78, 5) is 18.3. The zero-order valence-electron chi connectivity index (χ0n) is 23.7. The summed E-state index contributed by atoms with van der Waals surface area (Å²) in [6.07, 6.45) is 1.79. The van der Waals surface area contributed by atoms with Gasteiger partial charge in [-0.25, -0.2) is 9.50 Å². The van der Waals surface area contributed by atoms with Crippen LogP contribution >= 0.6 is 11.3 Å². The van der Waals surface area contributed by atoms with Crippen LogP contribution in [0.15, 0.2) is 71.3 Å². The Bertz CT molecular complexity index is 1940. The van der Waals surface area contributed by atoms with Crippen molar-refractivity contribution in [2.24, 2.45) is 0 Å². The van der Waals surface area contributed by atoms with Gasteiger partial charge in [0.15, 0.2) is 11.5 Å². The van der Waals surface area contributed by atoms with Crippen molar-refractivity contribution in [3.05, 3.63) is 83.6 Å². The topological polar surface area (TPSA) is 107 Å². The number of ether oxygens (including phenoxy) is 5. The second kappa shape index (κ2) is 12.2. The van der Waals surface area contributed by atoms with Gasteiger partial charge >= 0.3 is 6.61 Å². The fourth-order valence-electron chi connectivity index (χ4n) is 4.63. The Labute approximate surface area is 253 Å². The van der Waals surface area contributed by atoms with E-state index >= 15 is 0 Å². The van der Waals surface area contributed by atoms with E-state index < -0.39 is 6.61 Å². The van der Waals surface area contributed by atoms with Crippen molar-refractivity contribution < 1.29 is 41.7 Å². The number of carbonyl (C=O) groups excluding carboxylic acids is 1. The maximum absolute atomic E-state index is 13.0. The summed E-state index contributed by atoms with van der Waals surface area (Å²) in [5, 5.41) is 5.54. The van der Waals surface area contributed by atoms with Gasteiger partial charge in [0.2, 0.25) is 4.96 Å². The first-order valence-corrected chi connectivity index (χ1v) is 14.0. The summed E-state index contributed by atoms with van der Waals surface area (Å²) in [5.74, 6) is 1.44. The van der Waals surface area contributed by atoms with Gasteiger partial charge in [-0.05, 0) is 40.7 Å². The molecule has 44 heavy (non-hydrogen) atoms. The lowest BCUT2D eigenvalue weighted by molar-refractivity contribution is -0.0499. The van der Waals surface area contributed by atoms with E-state index in [2.05, 4.69) is 14.8 Å². The van der Waals surface area contributed by atoms with Gasteiger partial charge in [0.25, 0.3) is 5.19 Å². The summed E-state index contributed by atoms with van der Waals surface area (Å²) in [5.41, 5.74) is 2.90. The van der Waals surface area contributed by atoms with Crippen molar-refractivity contribution in [2.75, 3.05) is 21.3 Å². The standard InChI is InChI=1S/C31H25F2N3O7S/c1-38-20-9-19(10-22(11-20)42-29(32)33)25(37)8-17-5-4-6-18(7-17)16-41-26-12-21(39-2)13-27-23(26)14-28(43-27)24-15-36-30(34-24)44-31(35-36)40-3/h4-7,9-15,29H,8,16H2,1-3H3. The van der Waals surface area contributed by atoms with Gasteiger partial charge in [-0.2, -0.15) is 8.78 Å². The molecule has 6 aromatic rings. The van der Waals surface area contributed by atoms with E-state index in [1.807, 2.05) is 30.3 Å². The summed E-state index contributed by atoms with van der Waals surface area (Å²) in [7, 11) is 4.49. The summed E-state index contributed by atoms with van der Waals surface area (Å²) in [6, 6.07) is 16.8. The molecule has 6 rings (SSSR count). The van der Waals surface area contributed by atoms with Gasteiger partial charge < -0.3 is 28.1 Å². The summed E-state index contributed by atoms with van der Waals surface area (Å²) >= 11 is 1.31. The van der Waals surface area contributed by atoms with E-state index in [1.54, 1.807) is 37.1 Å². The molecule has 0 unspecified atom stereocenters. The largest absolute Gasteiger partial charge is 0.497 e. The zero-order valence-corrected chi connectivity index (χ0v) is 24.5. The molecule has 3 aromatic carbocycles. The number of hydrogen-bond acceptors (Lipinski definition) is 10. The average molecular weight is 622 g/mol. The summed E-state index contributed by atoms with van der Waals surface area (Å²) in [6.45, 7) is -2.83. The predicted molar refractivity (Wildman–Crippen MR) is 158 cm³/mol. The van der Waals surface area contributed by atoms with Crippen molar-refractivity contribution in [1.82, 2.24) is 14.6 Å². The van der Waals surface area contributed by atoms with E-state index in [9.17, 15) is 13.6 Å². The molecule has 226 valence electrons. The normalized spacial score (nSPS) is 11.3. The Morgan fingerprint density at radius 2 is 1.73 bits per heavy atom. The van der Waals surface area contributed by atoms with E-state index in [-0.39, 0.29) is 35.9 Å². The quantitative estimate of drug-likeness (QED) is 0.136. The van der Waals surface area contributed by atoms with Crippen molar-refractivity contribution in [3.63, 3.8) is 0 Å². The van der Waals surface area contributed by atoms with Crippen molar-refractivity contribution in [2.45, 2.75) is 19.6 Å². The minimum atomic E-state index is -3.02. The molecule has 0 aliphatic heterocycles. The van der Waals surface area contributed by atoms with E-state index in [0.717, 1.165) is 16.5 Å². The first-order valence-electron chi connectivity index (χ1n) is 13.2. The van der Waals surface area contributed by atoms with E-state index in [1.165, 1.54) is 36.6 Å². The Morgan fingerprint density at radius 3 is 2.48 bits per heavy atom. The highest BCUT2D eigenvalue weighted by atomic mass is 32.1. The minimum Gasteiger partial charge on any atom is -0.497 e. The summed E-state index contributed by atoms with van der Waals surface area (Å²) < 4.78 is 59.7. The number of imidazole rings is 1. The molecule has 0 aliphatic rings. The number of hydrogen-bond donors (Lipinski definition) is 0. The lowest BCUT2D eigenvalue weighted by atomic mass is 10.0. The molecule has 0 saturated heterocycles. The number of halogens is 2. The molecule has 0 fully saturated rings. The second-order valence-electron chi connectivity index (χ2n) is 9.56. The number of ketones is 1. The molecular weight excluding hydrogens is 596 g/mol. The molecule has 3 aromatic heterocycles. The highest BCUT2D eigenvalue weighted by Crippen LogP contribution is 2.37. The molecule has 13 heteroatoms. The molecule has 0 amide bonds. The first-order chi connectivity index (χ1) is 21.3. The van der Waals surface area contributed by atoms with Crippen LogP contribution in [0.3, 0.4) is 0 Å². The minimum absolute atomic E-state index is 0.0342. The molecule has 0 saturated carbocycles. The number of rotatable bonds is 12. The number of alkyl halides is 2. The molecule has 3 heterocycles. The van der Waals surface area contributed by atoms with Gasteiger partial charge in [0.05, 0.1) is 32.9 Å². The molecule has 0 N–H and O–H groups in total. The monoisotopic (exact) mass is 621 g/mol. The van der Waals surface area contributed by atoms with Crippen LogP contribution in [-0.4, -0.2) is 48.3 Å². The van der Waals surface area contributed by atoms with Crippen LogP contribution in [0.2, 0.25) is 0 Å². The maximum atomic E-state index is 13.0. The SMILES string of the molecule is COc1cc(OC(F)F)cc(C(=O)Cc2cccc(COc3cc(OC)cc4oc(-c5cn6nc(OC)sc6n5)cc34)c2)c1. The molecule has 0 aliphatic carbocycles. The molecular formula is C31H25F2N3O7S. The van der Waals surface area contributed by atoms with Crippen LogP contribution < -0.4 is 23.7 Å². The van der Waals surface area contributed by atoms with Crippen LogP contribution in [0.4, 0.5) is 8.78 Å². The number of nitrogens with zero attached hydrogens (tertiary/aromatic N) is 3. The van der Waals surface area contributed by atoms with Crippen LogP contribution in [0.25, 0.3) is 27.4 Å². The van der Waals surface area contributed by atoms with Crippen LogP contribution in [0.1, 0.15) is 21.5 Å². The second-order valence-corrected chi connectivity index (χ2v) is 10.5. The number of furan rings is 1. The first kappa shape index (κ1) is 28.9.